The smallest absolute Gasteiger partial charge is 0.279 e. The van der Waals surface area contributed by atoms with Crippen LogP contribution in [0.3, 0.4) is 0 Å². The van der Waals surface area contributed by atoms with E-state index in [1.165, 1.54) is 19.1 Å². The first-order chi connectivity index (χ1) is 16.1. The van der Waals surface area contributed by atoms with Gasteiger partial charge in [0.2, 0.25) is 10.0 Å². The number of halogens is 1. The van der Waals surface area contributed by atoms with Crippen molar-refractivity contribution in [1.29, 1.82) is 0 Å². The lowest BCUT2D eigenvalue weighted by molar-refractivity contribution is 0.370. The van der Waals surface area contributed by atoms with E-state index < -0.39 is 31.9 Å². The number of aryl methyl sites for hydroxylation is 1. The first-order valence-electron chi connectivity index (χ1n) is 10.7. The minimum atomic E-state index is -4.12. The molecule has 1 N–H and O–H groups in total. The van der Waals surface area contributed by atoms with Gasteiger partial charge in [0.05, 0.1) is 28.1 Å². The van der Waals surface area contributed by atoms with Crippen molar-refractivity contribution in [3.8, 4) is 0 Å². The van der Waals surface area contributed by atoms with Gasteiger partial charge in [-0.25, -0.2) is 12.8 Å². The van der Waals surface area contributed by atoms with E-state index in [9.17, 15) is 21.2 Å². The van der Waals surface area contributed by atoms with E-state index in [2.05, 4.69) is 9.82 Å². The summed E-state index contributed by atoms with van der Waals surface area (Å²) >= 11 is 0. The SMILES string of the molecule is CCS(=O)(=O)Nc1ccccc1C1=NN(S(=O)(=O)c2ccc(F)cc2)C(c2ccccc2C)C1. The summed E-state index contributed by atoms with van der Waals surface area (Å²) in [7, 11) is -7.68. The van der Waals surface area contributed by atoms with Gasteiger partial charge in [-0.3, -0.25) is 4.72 Å². The topological polar surface area (TPSA) is 95.9 Å². The number of hydrogen-bond donors (Lipinski definition) is 1. The van der Waals surface area contributed by atoms with Gasteiger partial charge in [-0.1, -0.05) is 42.5 Å². The predicted molar refractivity (Wildman–Crippen MR) is 130 cm³/mol. The second kappa shape index (κ2) is 9.19. The monoisotopic (exact) mass is 501 g/mol. The molecule has 1 atom stereocenters. The lowest BCUT2D eigenvalue weighted by Gasteiger charge is -2.24. The summed E-state index contributed by atoms with van der Waals surface area (Å²) in [6.45, 7) is 3.42. The number of anilines is 1. The molecule has 0 aliphatic carbocycles. The van der Waals surface area contributed by atoms with Crippen molar-refractivity contribution in [3.05, 3.63) is 95.3 Å². The molecule has 1 aliphatic heterocycles. The van der Waals surface area contributed by atoms with Crippen LogP contribution < -0.4 is 4.72 Å². The molecule has 0 amide bonds. The van der Waals surface area contributed by atoms with Crippen LogP contribution in [0.5, 0.6) is 0 Å². The third-order valence-corrected chi connectivity index (χ3v) is 8.65. The molecule has 1 heterocycles. The van der Waals surface area contributed by atoms with E-state index in [1.54, 1.807) is 24.3 Å². The number of para-hydroxylation sites is 1. The number of nitrogens with zero attached hydrogens (tertiary/aromatic N) is 2. The molecular formula is C24H24FN3O4S2. The summed E-state index contributed by atoms with van der Waals surface area (Å²) < 4.78 is 68.6. The Labute approximate surface area is 199 Å². The molecule has 1 unspecified atom stereocenters. The van der Waals surface area contributed by atoms with Gasteiger partial charge in [-0.15, -0.1) is 0 Å². The highest BCUT2D eigenvalue weighted by molar-refractivity contribution is 7.92. The minimum absolute atomic E-state index is 0.0857. The molecule has 7 nitrogen and oxygen atoms in total. The number of nitrogens with one attached hydrogen (secondary N) is 1. The molecule has 0 bridgehead atoms. The van der Waals surface area contributed by atoms with Crippen LogP contribution in [0.25, 0.3) is 0 Å². The maximum absolute atomic E-state index is 13.6. The van der Waals surface area contributed by atoms with Crippen molar-refractivity contribution in [3.63, 3.8) is 0 Å². The zero-order valence-corrected chi connectivity index (χ0v) is 20.3. The lowest BCUT2D eigenvalue weighted by atomic mass is 9.95. The highest BCUT2D eigenvalue weighted by Crippen LogP contribution is 2.39. The summed E-state index contributed by atoms with van der Waals surface area (Å²) in [4.78, 5) is -0.0857. The summed E-state index contributed by atoms with van der Waals surface area (Å²) in [5.74, 6) is -0.651. The van der Waals surface area contributed by atoms with E-state index in [0.717, 1.165) is 27.7 Å². The molecule has 1 aliphatic rings. The van der Waals surface area contributed by atoms with Crippen LogP contribution in [-0.2, 0) is 20.0 Å². The van der Waals surface area contributed by atoms with Gasteiger partial charge in [0, 0.05) is 12.0 Å². The third-order valence-electron chi connectivity index (χ3n) is 5.66. The van der Waals surface area contributed by atoms with Gasteiger partial charge in [-0.05, 0) is 55.3 Å². The molecule has 0 spiro atoms. The molecule has 0 saturated heterocycles. The number of sulfonamides is 2. The Morgan fingerprint density at radius 1 is 0.971 bits per heavy atom. The normalized spacial score (nSPS) is 16.4. The molecule has 0 fully saturated rings. The summed E-state index contributed by atoms with van der Waals surface area (Å²) in [5, 5.41) is 4.48. The Hall–Kier alpha value is -3.24. The molecule has 3 aromatic carbocycles. The molecule has 34 heavy (non-hydrogen) atoms. The molecule has 178 valence electrons. The van der Waals surface area contributed by atoms with E-state index in [1.807, 2.05) is 31.2 Å². The first kappa shape index (κ1) is 23.9. The van der Waals surface area contributed by atoms with E-state index >= 15 is 0 Å². The molecule has 4 rings (SSSR count). The van der Waals surface area contributed by atoms with Crippen molar-refractivity contribution in [2.24, 2.45) is 5.10 Å². The average Bonchev–Trinajstić information content (AvgIpc) is 3.26. The van der Waals surface area contributed by atoms with Crippen molar-refractivity contribution < 1.29 is 21.2 Å². The summed E-state index contributed by atoms with van der Waals surface area (Å²) in [6.07, 6.45) is 0.232. The van der Waals surface area contributed by atoms with E-state index in [-0.39, 0.29) is 17.1 Å². The molecule has 0 radical (unpaired) electrons. The standard InChI is InChI=1S/C24H24FN3O4S2/c1-3-33(29,30)27-22-11-7-6-10-21(22)23-16-24(20-9-5-4-8-17(20)2)28(26-23)34(31,32)19-14-12-18(25)13-15-19/h4-15,24,27H,3,16H2,1-2H3. The predicted octanol–water partition coefficient (Wildman–Crippen LogP) is 4.44. The lowest BCUT2D eigenvalue weighted by Crippen LogP contribution is -2.27. The average molecular weight is 502 g/mol. The van der Waals surface area contributed by atoms with Gasteiger partial charge in [0.15, 0.2) is 0 Å². The van der Waals surface area contributed by atoms with Crippen LogP contribution in [0.4, 0.5) is 10.1 Å². The number of hydrazone groups is 1. The molecule has 0 saturated carbocycles. The van der Waals surface area contributed by atoms with Crippen LogP contribution in [0, 0.1) is 12.7 Å². The Morgan fingerprint density at radius 2 is 1.62 bits per heavy atom. The van der Waals surface area contributed by atoms with Crippen molar-refractivity contribution in [1.82, 2.24) is 4.41 Å². The molecular weight excluding hydrogens is 477 g/mol. The molecule has 10 heteroatoms. The quantitative estimate of drug-likeness (QED) is 0.518. The zero-order chi connectivity index (χ0) is 24.5. The Morgan fingerprint density at radius 3 is 2.29 bits per heavy atom. The van der Waals surface area contributed by atoms with Crippen molar-refractivity contribution in [2.45, 2.75) is 31.2 Å². The fourth-order valence-electron chi connectivity index (χ4n) is 3.84. The van der Waals surface area contributed by atoms with Gasteiger partial charge in [-0.2, -0.15) is 17.9 Å². The Kier molecular flexibility index (Phi) is 6.46. The third kappa shape index (κ3) is 4.69. The highest BCUT2D eigenvalue weighted by Gasteiger charge is 2.38. The van der Waals surface area contributed by atoms with E-state index in [0.29, 0.717) is 17.0 Å². The van der Waals surface area contributed by atoms with Gasteiger partial charge in [0.25, 0.3) is 10.0 Å². The number of rotatable bonds is 7. The van der Waals surface area contributed by atoms with Crippen LogP contribution in [0.2, 0.25) is 0 Å². The van der Waals surface area contributed by atoms with Crippen LogP contribution in [0.15, 0.2) is 82.8 Å². The van der Waals surface area contributed by atoms with Gasteiger partial charge < -0.3 is 0 Å². The first-order valence-corrected chi connectivity index (χ1v) is 13.7. The van der Waals surface area contributed by atoms with Crippen LogP contribution in [0.1, 0.15) is 36.1 Å². The van der Waals surface area contributed by atoms with Crippen molar-refractivity contribution >= 4 is 31.4 Å². The summed E-state index contributed by atoms with van der Waals surface area (Å²) in [6, 6.07) is 18.1. The largest absolute Gasteiger partial charge is 0.283 e. The molecule has 0 aromatic heterocycles. The fourth-order valence-corrected chi connectivity index (χ4v) is 5.93. The maximum Gasteiger partial charge on any atom is 0.279 e. The Bertz CT molecular complexity index is 1450. The fraction of sp³-hybridized carbons (Fsp3) is 0.208. The van der Waals surface area contributed by atoms with E-state index in [4.69, 9.17) is 0 Å². The second-order valence-corrected chi connectivity index (χ2v) is 11.7. The molecule has 3 aromatic rings. The van der Waals surface area contributed by atoms with Crippen LogP contribution in [-0.4, -0.2) is 32.7 Å². The van der Waals surface area contributed by atoms with Crippen LogP contribution >= 0.6 is 0 Å². The number of hydrogen-bond acceptors (Lipinski definition) is 5. The van der Waals surface area contributed by atoms with Gasteiger partial charge >= 0.3 is 0 Å². The van der Waals surface area contributed by atoms with Crippen molar-refractivity contribution in [2.75, 3.05) is 10.5 Å². The number of benzene rings is 3. The van der Waals surface area contributed by atoms with Gasteiger partial charge in [0.1, 0.15) is 5.82 Å². The second-order valence-electron chi connectivity index (χ2n) is 7.91. The zero-order valence-electron chi connectivity index (χ0n) is 18.6. The summed E-state index contributed by atoms with van der Waals surface area (Å²) in [5.41, 5.74) is 2.91. The Balaban J connectivity index is 1.84. The highest BCUT2D eigenvalue weighted by atomic mass is 32.2. The maximum atomic E-state index is 13.6. The minimum Gasteiger partial charge on any atom is -0.283 e.